The highest BCUT2D eigenvalue weighted by atomic mass is 16.7. The first-order valence-electron chi connectivity index (χ1n) is 14.6. The molecule has 0 amide bonds. The third-order valence-corrected chi connectivity index (χ3v) is 7.98. The number of methoxy groups -OCH3 is 1. The first-order valence-corrected chi connectivity index (χ1v) is 14.6. The van der Waals surface area contributed by atoms with E-state index in [1.807, 2.05) is 60.7 Å². The van der Waals surface area contributed by atoms with Crippen LogP contribution < -0.4 is 4.74 Å². The molecule has 2 aliphatic rings. The molecule has 6 heteroatoms. The number of hydrogen-bond donors (Lipinski definition) is 0. The van der Waals surface area contributed by atoms with Gasteiger partial charge in [0.2, 0.25) is 6.29 Å². The van der Waals surface area contributed by atoms with Gasteiger partial charge in [-0.05, 0) is 35.2 Å². The van der Waals surface area contributed by atoms with Crippen molar-refractivity contribution in [2.24, 2.45) is 5.92 Å². The number of ether oxygens (including phenoxy) is 6. The lowest BCUT2D eigenvalue weighted by Gasteiger charge is -2.50. The standard InChI is InChI=1S/C36H38O6/c1-25-18-19-29-30(20-25)41-36-32(33(29)37-2)35(40-23-28-16-10-5-11-17-28)34(39-22-27-14-8-4-9-15-27)31(42-36)24-38-21-26-12-6-3-7-13-26/h3-20,31-36H,21-24H2,1-2H3. The van der Waals surface area contributed by atoms with Gasteiger partial charge >= 0.3 is 0 Å². The van der Waals surface area contributed by atoms with Crippen LogP contribution in [0.4, 0.5) is 0 Å². The summed E-state index contributed by atoms with van der Waals surface area (Å²) < 4.78 is 39.1. The zero-order chi connectivity index (χ0) is 28.7. The molecule has 4 aromatic rings. The summed E-state index contributed by atoms with van der Waals surface area (Å²) >= 11 is 0. The largest absolute Gasteiger partial charge is 0.464 e. The lowest BCUT2D eigenvalue weighted by atomic mass is 9.81. The van der Waals surface area contributed by atoms with Gasteiger partial charge in [0, 0.05) is 12.7 Å². The second kappa shape index (κ2) is 13.6. The zero-order valence-corrected chi connectivity index (χ0v) is 24.1. The quantitative estimate of drug-likeness (QED) is 0.199. The van der Waals surface area contributed by atoms with Crippen molar-refractivity contribution >= 4 is 0 Å². The summed E-state index contributed by atoms with van der Waals surface area (Å²) in [6, 6.07) is 36.7. The second-order valence-electron chi connectivity index (χ2n) is 11.0. The van der Waals surface area contributed by atoms with Crippen molar-refractivity contribution in [3.05, 3.63) is 137 Å². The van der Waals surface area contributed by atoms with Crippen LogP contribution in [0.3, 0.4) is 0 Å². The van der Waals surface area contributed by atoms with Gasteiger partial charge in [-0.15, -0.1) is 0 Å². The van der Waals surface area contributed by atoms with E-state index < -0.39 is 24.6 Å². The Morgan fingerprint density at radius 2 is 1.24 bits per heavy atom. The maximum absolute atomic E-state index is 6.78. The Morgan fingerprint density at radius 3 is 1.83 bits per heavy atom. The molecule has 0 aliphatic carbocycles. The molecule has 0 bridgehead atoms. The number of benzene rings is 4. The fourth-order valence-electron chi connectivity index (χ4n) is 5.89. The minimum Gasteiger partial charge on any atom is -0.464 e. The second-order valence-corrected chi connectivity index (χ2v) is 11.0. The van der Waals surface area contributed by atoms with Crippen molar-refractivity contribution in [1.29, 1.82) is 0 Å². The van der Waals surface area contributed by atoms with Gasteiger partial charge in [0.15, 0.2) is 0 Å². The first kappa shape index (κ1) is 28.6. The minimum atomic E-state index is -0.591. The van der Waals surface area contributed by atoms with Gasteiger partial charge < -0.3 is 28.4 Å². The molecule has 0 N–H and O–H groups in total. The van der Waals surface area contributed by atoms with Crippen LogP contribution in [-0.2, 0) is 43.5 Å². The van der Waals surface area contributed by atoms with Crippen LogP contribution in [0.1, 0.15) is 33.9 Å². The van der Waals surface area contributed by atoms with Crippen molar-refractivity contribution in [3.63, 3.8) is 0 Å². The molecule has 2 heterocycles. The van der Waals surface area contributed by atoms with Crippen LogP contribution >= 0.6 is 0 Å². The zero-order valence-electron chi connectivity index (χ0n) is 24.1. The van der Waals surface area contributed by atoms with Crippen LogP contribution in [0.25, 0.3) is 0 Å². The first-order chi connectivity index (χ1) is 20.7. The van der Waals surface area contributed by atoms with Crippen LogP contribution in [0.2, 0.25) is 0 Å². The topological polar surface area (TPSA) is 55.4 Å². The van der Waals surface area contributed by atoms with Gasteiger partial charge in [0.05, 0.1) is 44.6 Å². The highest BCUT2D eigenvalue weighted by molar-refractivity contribution is 5.41. The van der Waals surface area contributed by atoms with Gasteiger partial charge in [0.25, 0.3) is 0 Å². The van der Waals surface area contributed by atoms with Gasteiger partial charge in [-0.2, -0.15) is 0 Å². The molecule has 6 nitrogen and oxygen atoms in total. The fraction of sp³-hybridized carbons (Fsp3) is 0.333. The minimum absolute atomic E-state index is 0.264. The Morgan fingerprint density at radius 1 is 0.667 bits per heavy atom. The maximum Gasteiger partial charge on any atom is 0.208 e. The van der Waals surface area contributed by atoms with Crippen LogP contribution in [-0.4, -0.2) is 38.3 Å². The van der Waals surface area contributed by atoms with Crippen LogP contribution in [0, 0.1) is 12.8 Å². The van der Waals surface area contributed by atoms with Crippen LogP contribution in [0.5, 0.6) is 5.75 Å². The van der Waals surface area contributed by atoms with Gasteiger partial charge in [-0.25, -0.2) is 0 Å². The molecule has 6 rings (SSSR count). The average molecular weight is 567 g/mol. The molecule has 6 atom stereocenters. The molecule has 4 aromatic carbocycles. The molecule has 0 aromatic heterocycles. The molecule has 1 fully saturated rings. The Labute approximate surface area is 248 Å². The smallest absolute Gasteiger partial charge is 0.208 e. The third kappa shape index (κ3) is 6.59. The van der Waals surface area contributed by atoms with Crippen molar-refractivity contribution in [2.75, 3.05) is 13.7 Å². The highest BCUT2D eigenvalue weighted by Crippen LogP contribution is 2.47. The summed E-state index contributed by atoms with van der Waals surface area (Å²) in [5, 5.41) is 0. The van der Waals surface area contributed by atoms with E-state index in [1.165, 1.54) is 0 Å². The molecule has 0 spiro atoms. The van der Waals surface area contributed by atoms with E-state index in [9.17, 15) is 0 Å². The van der Waals surface area contributed by atoms with Crippen molar-refractivity contribution in [1.82, 2.24) is 0 Å². The molecule has 2 aliphatic heterocycles. The van der Waals surface area contributed by atoms with E-state index in [0.29, 0.717) is 26.4 Å². The normalized spacial score (nSPS) is 24.8. The van der Waals surface area contributed by atoms with Crippen molar-refractivity contribution in [2.45, 2.75) is 57.5 Å². The molecule has 1 saturated heterocycles. The number of rotatable bonds is 11. The van der Waals surface area contributed by atoms with Gasteiger partial charge in [0.1, 0.15) is 18.0 Å². The van der Waals surface area contributed by atoms with E-state index in [-0.39, 0.29) is 12.0 Å². The van der Waals surface area contributed by atoms with Gasteiger partial charge in [-0.1, -0.05) is 103 Å². The fourth-order valence-corrected chi connectivity index (χ4v) is 5.89. The Bertz CT molecular complexity index is 1400. The molecular formula is C36H38O6. The summed E-state index contributed by atoms with van der Waals surface area (Å²) in [6.07, 6.45) is -2.14. The van der Waals surface area contributed by atoms with Crippen molar-refractivity contribution in [3.8, 4) is 5.75 Å². The monoisotopic (exact) mass is 566 g/mol. The molecular weight excluding hydrogens is 528 g/mol. The summed E-state index contributed by atoms with van der Waals surface area (Å²) in [7, 11) is 1.74. The molecule has 0 radical (unpaired) electrons. The van der Waals surface area contributed by atoms with E-state index >= 15 is 0 Å². The molecule has 218 valence electrons. The molecule has 6 unspecified atom stereocenters. The Kier molecular flexibility index (Phi) is 9.28. The maximum atomic E-state index is 6.78. The predicted molar refractivity (Wildman–Crippen MR) is 160 cm³/mol. The lowest BCUT2D eigenvalue weighted by Crippen LogP contribution is -2.61. The SMILES string of the molecule is COC1c2ccc(C)cc2OC2OC(COCc3ccccc3)C(OCc3ccccc3)C(OCc3ccccc3)C21. The molecule has 42 heavy (non-hydrogen) atoms. The number of aryl methyl sites for hydroxylation is 1. The third-order valence-electron chi connectivity index (χ3n) is 7.98. The number of fused-ring (bicyclic) bond motifs is 2. The lowest BCUT2D eigenvalue weighted by molar-refractivity contribution is -0.306. The van der Waals surface area contributed by atoms with Crippen molar-refractivity contribution < 1.29 is 28.4 Å². The van der Waals surface area contributed by atoms with E-state index in [1.54, 1.807) is 7.11 Å². The average Bonchev–Trinajstić information content (AvgIpc) is 3.03. The van der Waals surface area contributed by atoms with E-state index in [0.717, 1.165) is 33.6 Å². The molecule has 0 saturated carbocycles. The van der Waals surface area contributed by atoms with E-state index in [4.69, 9.17) is 28.4 Å². The van der Waals surface area contributed by atoms with Crippen LogP contribution in [0.15, 0.2) is 109 Å². The summed E-state index contributed by atoms with van der Waals surface area (Å²) in [4.78, 5) is 0. The Balaban J connectivity index is 1.32. The number of hydrogen-bond acceptors (Lipinski definition) is 6. The highest BCUT2D eigenvalue weighted by Gasteiger charge is 2.54. The summed E-state index contributed by atoms with van der Waals surface area (Å²) in [5.74, 6) is 0.512. The summed E-state index contributed by atoms with van der Waals surface area (Å²) in [6.45, 7) is 3.69. The Hall–Kier alpha value is -3.52. The van der Waals surface area contributed by atoms with E-state index in [2.05, 4.69) is 55.5 Å². The van der Waals surface area contributed by atoms with Gasteiger partial charge in [-0.3, -0.25) is 0 Å². The summed E-state index contributed by atoms with van der Waals surface area (Å²) in [5.41, 5.74) is 5.36. The predicted octanol–water partition coefficient (Wildman–Crippen LogP) is 6.80.